The van der Waals surface area contributed by atoms with Gasteiger partial charge in [-0.3, -0.25) is 13.9 Å². The van der Waals surface area contributed by atoms with Crippen LogP contribution in [-0.4, -0.2) is 20.1 Å². The molecule has 0 saturated heterocycles. The summed E-state index contributed by atoms with van der Waals surface area (Å²) in [6.07, 6.45) is -3.49. The lowest BCUT2D eigenvalue weighted by molar-refractivity contribution is 0.0506. The van der Waals surface area contributed by atoms with Crippen molar-refractivity contribution in [2.75, 3.05) is 0 Å². The van der Waals surface area contributed by atoms with E-state index >= 15 is 0 Å². The molecule has 2 aromatic rings. The van der Waals surface area contributed by atoms with Crippen molar-refractivity contribution in [3.63, 3.8) is 0 Å². The molecule has 1 aliphatic rings. The van der Waals surface area contributed by atoms with E-state index in [9.17, 15) is 35.9 Å². The first kappa shape index (κ1) is 19.1. The molecule has 1 aliphatic heterocycles. The van der Waals surface area contributed by atoms with Gasteiger partial charge in [0.2, 0.25) is 0 Å². The summed E-state index contributed by atoms with van der Waals surface area (Å²) in [5.41, 5.74) is -2.72. The molecule has 3 rings (SSSR count). The van der Waals surface area contributed by atoms with Gasteiger partial charge in [0.25, 0.3) is 12.2 Å². The Labute approximate surface area is 150 Å². The Morgan fingerprint density at radius 1 is 1.19 bits per heavy atom. The smallest absolute Gasteiger partial charge is 0.405 e. The van der Waals surface area contributed by atoms with Crippen molar-refractivity contribution in [1.29, 1.82) is 5.26 Å². The standard InChI is InChI=1S/C16H8F5NO4S/c17-8-3-7(6-22)4-9(5-8)26-10-1-2-11-13(12(10)15(18)19)14(23)16(20,21)27(11,24)25/h1-5,15,24-25H. The predicted molar refractivity (Wildman–Crippen MR) is 83.0 cm³/mol. The first-order valence-corrected chi connectivity index (χ1v) is 8.59. The number of ether oxygens (including phenoxy) is 1. The Morgan fingerprint density at radius 3 is 2.44 bits per heavy atom. The number of alkyl halides is 4. The highest BCUT2D eigenvalue weighted by Crippen LogP contribution is 2.69. The monoisotopic (exact) mass is 405 g/mol. The van der Waals surface area contributed by atoms with Crippen molar-refractivity contribution in [2.24, 2.45) is 0 Å². The van der Waals surface area contributed by atoms with Crippen molar-refractivity contribution >= 4 is 16.4 Å². The van der Waals surface area contributed by atoms with E-state index in [1.807, 2.05) is 0 Å². The van der Waals surface area contributed by atoms with Gasteiger partial charge in [0.15, 0.2) is 0 Å². The number of carbonyl (C=O) groups is 1. The van der Waals surface area contributed by atoms with Gasteiger partial charge in [0.05, 0.1) is 27.7 Å². The number of Topliss-reactive ketones (excluding diaryl/α,β-unsaturated/α-hetero) is 1. The van der Waals surface area contributed by atoms with E-state index in [4.69, 9.17) is 10.00 Å². The maximum atomic E-state index is 13.9. The molecule has 0 atom stereocenters. The van der Waals surface area contributed by atoms with E-state index in [-0.39, 0.29) is 5.56 Å². The van der Waals surface area contributed by atoms with Crippen LogP contribution in [0.1, 0.15) is 27.9 Å². The molecule has 0 saturated carbocycles. The second-order valence-corrected chi connectivity index (χ2v) is 7.49. The van der Waals surface area contributed by atoms with Crippen LogP contribution >= 0.6 is 10.6 Å². The van der Waals surface area contributed by atoms with Crippen molar-refractivity contribution < 1.29 is 40.6 Å². The number of nitrogens with zero attached hydrogens (tertiary/aromatic N) is 1. The summed E-state index contributed by atoms with van der Waals surface area (Å²) < 4.78 is 92.6. The molecule has 1 heterocycles. The quantitative estimate of drug-likeness (QED) is 0.674. The van der Waals surface area contributed by atoms with Gasteiger partial charge in [-0.2, -0.15) is 14.0 Å². The first-order valence-electron chi connectivity index (χ1n) is 7.04. The van der Waals surface area contributed by atoms with Gasteiger partial charge in [-0.1, -0.05) is 10.6 Å². The Hall–Kier alpha value is -2.68. The lowest BCUT2D eigenvalue weighted by Crippen LogP contribution is -2.28. The molecule has 0 spiro atoms. The fourth-order valence-corrected chi connectivity index (χ4v) is 3.97. The Kier molecular flexibility index (Phi) is 4.38. The highest BCUT2D eigenvalue weighted by molar-refractivity contribution is 8.26. The molecule has 0 unspecified atom stereocenters. The maximum absolute atomic E-state index is 13.9. The van der Waals surface area contributed by atoms with Gasteiger partial charge in [-0.25, -0.2) is 13.2 Å². The lowest BCUT2D eigenvalue weighted by Gasteiger charge is -2.32. The molecule has 0 aromatic heterocycles. The normalized spacial score (nSPS) is 18.1. The second kappa shape index (κ2) is 6.19. The molecule has 0 amide bonds. The summed E-state index contributed by atoms with van der Waals surface area (Å²) in [6.45, 7) is 0. The van der Waals surface area contributed by atoms with Crippen LogP contribution in [0.5, 0.6) is 11.5 Å². The number of benzene rings is 2. The average Bonchev–Trinajstić information content (AvgIpc) is 2.71. The summed E-state index contributed by atoms with van der Waals surface area (Å²) in [6, 6.07) is 5.63. The highest BCUT2D eigenvalue weighted by Gasteiger charge is 2.62. The van der Waals surface area contributed by atoms with E-state index in [0.717, 1.165) is 24.3 Å². The fraction of sp³-hybridized carbons (Fsp3) is 0.125. The minimum absolute atomic E-state index is 0.193. The van der Waals surface area contributed by atoms with Crippen LogP contribution in [0.4, 0.5) is 22.0 Å². The molecule has 0 radical (unpaired) electrons. The topological polar surface area (TPSA) is 90.5 Å². The van der Waals surface area contributed by atoms with Crippen LogP contribution in [0.2, 0.25) is 0 Å². The summed E-state index contributed by atoms with van der Waals surface area (Å²) >= 11 is 0. The molecule has 0 bridgehead atoms. The van der Waals surface area contributed by atoms with Crippen LogP contribution in [-0.2, 0) is 0 Å². The van der Waals surface area contributed by atoms with Crippen LogP contribution in [0.15, 0.2) is 35.2 Å². The number of carbonyl (C=O) groups excluding carboxylic acids is 1. The molecule has 0 fully saturated rings. The van der Waals surface area contributed by atoms with E-state index < -0.39 is 61.4 Å². The number of hydrogen-bond acceptors (Lipinski definition) is 5. The molecule has 0 aliphatic carbocycles. The molecule has 11 heteroatoms. The van der Waals surface area contributed by atoms with Gasteiger partial charge < -0.3 is 4.74 Å². The molecule has 5 nitrogen and oxygen atoms in total. The Bertz CT molecular complexity index is 1000. The minimum atomic E-state index is -4.97. The predicted octanol–water partition coefficient (Wildman–Crippen LogP) is 5.33. The zero-order valence-corrected chi connectivity index (χ0v) is 13.7. The zero-order valence-electron chi connectivity index (χ0n) is 12.9. The number of hydrogen-bond donors (Lipinski definition) is 2. The van der Waals surface area contributed by atoms with Crippen LogP contribution < -0.4 is 4.74 Å². The summed E-state index contributed by atoms with van der Waals surface area (Å²) in [7, 11) is -4.97. The number of rotatable bonds is 3. The Morgan fingerprint density at radius 2 is 1.85 bits per heavy atom. The SMILES string of the molecule is N#Cc1cc(F)cc(Oc2ccc3c(c2C(F)F)C(=O)C(F)(F)S3(O)O)c1. The third-order valence-electron chi connectivity index (χ3n) is 3.77. The molecule has 2 N–H and O–H groups in total. The maximum Gasteiger partial charge on any atom is 0.405 e. The molecular weight excluding hydrogens is 397 g/mol. The molecule has 27 heavy (non-hydrogen) atoms. The van der Waals surface area contributed by atoms with Crippen LogP contribution in [0.25, 0.3) is 0 Å². The van der Waals surface area contributed by atoms with Gasteiger partial charge in [0.1, 0.15) is 17.3 Å². The Balaban J connectivity index is 2.19. The van der Waals surface area contributed by atoms with E-state index in [1.165, 1.54) is 0 Å². The zero-order chi connectivity index (χ0) is 20.1. The molecule has 2 aromatic carbocycles. The average molecular weight is 405 g/mol. The van der Waals surface area contributed by atoms with Crippen LogP contribution in [0, 0.1) is 17.1 Å². The minimum Gasteiger partial charge on any atom is -0.457 e. The summed E-state index contributed by atoms with van der Waals surface area (Å²) in [4.78, 5) is 10.9. The number of nitriles is 1. The van der Waals surface area contributed by atoms with E-state index in [1.54, 1.807) is 6.07 Å². The van der Waals surface area contributed by atoms with Crippen molar-refractivity contribution in [2.45, 2.75) is 16.6 Å². The first-order chi connectivity index (χ1) is 12.5. The molecular formula is C16H8F5NO4S. The number of fused-ring (bicyclic) bond motifs is 1. The van der Waals surface area contributed by atoms with E-state index in [2.05, 4.69) is 0 Å². The summed E-state index contributed by atoms with van der Waals surface area (Å²) in [5.74, 6) is -4.24. The van der Waals surface area contributed by atoms with Crippen molar-refractivity contribution in [3.05, 3.63) is 52.8 Å². The van der Waals surface area contributed by atoms with Gasteiger partial charge >= 0.3 is 5.25 Å². The fourth-order valence-electron chi connectivity index (χ4n) is 2.58. The van der Waals surface area contributed by atoms with E-state index in [0.29, 0.717) is 6.07 Å². The van der Waals surface area contributed by atoms with Gasteiger partial charge in [-0.15, -0.1) is 0 Å². The highest BCUT2D eigenvalue weighted by atomic mass is 32.3. The van der Waals surface area contributed by atoms with Gasteiger partial charge in [0, 0.05) is 6.07 Å². The van der Waals surface area contributed by atoms with Crippen molar-refractivity contribution in [3.8, 4) is 17.6 Å². The number of halogens is 5. The summed E-state index contributed by atoms with van der Waals surface area (Å²) in [5, 5.41) is 4.14. The molecule has 142 valence electrons. The lowest BCUT2D eigenvalue weighted by atomic mass is 10.0. The van der Waals surface area contributed by atoms with Crippen molar-refractivity contribution in [1.82, 2.24) is 0 Å². The number of ketones is 1. The third-order valence-corrected chi connectivity index (χ3v) is 5.62. The van der Waals surface area contributed by atoms with Gasteiger partial charge in [-0.05, 0) is 24.3 Å². The van der Waals surface area contributed by atoms with Crippen LogP contribution in [0.3, 0.4) is 0 Å². The third kappa shape index (κ3) is 2.82. The second-order valence-electron chi connectivity index (χ2n) is 5.44. The largest absolute Gasteiger partial charge is 0.457 e.